The van der Waals surface area contributed by atoms with Crippen molar-refractivity contribution in [2.24, 2.45) is 5.92 Å². The highest BCUT2D eigenvalue weighted by Crippen LogP contribution is 2.28. The second-order valence-electron chi connectivity index (χ2n) is 4.76. The maximum atomic E-state index is 11.5. The van der Waals surface area contributed by atoms with Crippen molar-refractivity contribution < 1.29 is 17.9 Å². The summed E-state index contributed by atoms with van der Waals surface area (Å²) in [6, 6.07) is 4.72. The van der Waals surface area contributed by atoms with Crippen LogP contribution in [-0.2, 0) is 14.6 Å². The number of ether oxygens (including phenoxy) is 2. The first kappa shape index (κ1) is 15.8. The largest absolute Gasteiger partial charge is 0.489 e. The van der Waals surface area contributed by atoms with Crippen molar-refractivity contribution in [3.05, 3.63) is 18.2 Å². The van der Waals surface area contributed by atoms with Gasteiger partial charge in [-0.1, -0.05) is 19.9 Å². The normalized spacial score (nSPS) is 11.8. The fraction of sp³-hybridized carbons (Fsp3) is 0.538. The van der Waals surface area contributed by atoms with Gasteiger partial charge in [-0.05, 0) is 18.1 Å². The van der Waals surface area contributed by atoms with E-state index in [0.29, 0.717) is 31.5 Å². The van der Waals surface area contributed by atoms with Crippen LogP contribution < -0.4 is 10.5 Å². The number of para-hydroxylation sites is 1. The van der Waals surface area contributed by atoms with E-state index in [-0.39, 0.29) is 10.6 Å². The van der Waals surface area contributed by atoms with E-state index in [1.807, 2.05) is 0 Å². The Morgan fingerprint density at radius 3 is 2.53 bits per heavy atom. The van der Waals surface area contributed by atoms with Crippen molar-refractivity contribution in [1.82, 2.24) is 0 Å². The Bertz CT molecular complexity index is 511. The third kappa shape index (κ3) is 5.08. The van der Waals surface area contributed by atoms with Crippen molar-refractivity contribution in [2.75, 3.05) is 31.8 Å². The van der Waals surface area contributed by atoms with Crippen LogP contribution in [0, 0.1) is 5.92 Å². The van der Waals surface area contributed by atoms with Crippen LogP contribution in [0.15, 0.2) is 23.1 Å². The lowest BCUT2D eigenvalue weighted by atomic mass is 10.2. The molecule has 108 valence electrons. The van der Waals surface area contributed by atoms with Crippen LogP contribution in [0.4, 0.5) is 5.69 Å². The summed E-state index contributed by atoms with van der Waals surface area (Å²) < 4.78 is 33.8. The Balaban J connectivity index is 2.60. The Hall–Kier alpha value is -1.27. The summed E-state index contributed by atoms with van der Waals surface area (Å²) in [4.78, 5) is 0.0908. The topological polar surface area (TPSA) is 78.6 Å². The summed E-state index contributed by atoms with van der Waals surface area (Å²) in [5.41, 5.74) is 5.93. The van der Waals surface area contributed by atoms with Crippen molar-refractivity contribution in [1.29, 1.82) is 0 Å². The van der Waals surface area contributed by atoms with E-state index < -0.39 is 9.84 Å². The van der Waals surface area contributed by atoms with Crippen LogP contribution in [0.2, 0.25) is 0 Å². The zero-order chi connectivity index (χ0) is 14.5. The maximum Gasteiger partial charge on any atom is 0.177 e. The van der Waals surface area contributed by atoms with Crippen LogP contribution in [0.5, 0.6) is 5.75 Å². The molecule has 0 aliphatic heterocycles. The molecule has 0 aliphatic rings. The van der Waals surface area contributed by atoms with Gasteiger partial charge in [-0.25, -0.2) is 8.42 Å². The lowest BCUT2D eigenvalue weighted by Crippen LogP contribution is -2.11. The molecule has 5 nitrogen and oxygen atoms in total. The standard InChI is InChI=1S/C13H21NO4S/c1-10(2)9-17-7-8-18-11-5-4-6-12(13(11)14)19(3,15)16/h4-6,10H,7-9,14H2,1-3H3. The molecule has 1 rings (SSSR count). The van der Waals surface area contributed by atoms with Crippen LogP contribution in [0.1, 0.15) is 13.8 Å². The molecule has 0 spiro atoms. The summed E-state index contributed by atoms with van der Waals surface area (Å²) in [7, 11) is -3.34. The molecule has 1 aromatic rings. The monoisotopic (exact) mass is 287 g/mol. The van der Waals surface area contributed by atoms with Crippen molar-refractivity contribution in [3.8, 4) is 5.75 Å². The van der Waals surface area contributed by atoms with Gasteiger partial charge in [0, 0.05) is 12.9 Å². The van der Waals surface area contributed by atoms with Crippen LogP contribution in [0.3, 0.4) is 0 Å². The molecule has 0 bridgehead atoms. The van der Waals surface area contributed by atoms with E-state index in [1.54, 1.807) is 12.1 Å². The molecule has 0 heterocycles. The highest BCUT2D eigenvalue weighted by atomic mass is 32.2. The number of hydrogen-bond donors (Lipinski definition) is 1. The minimum atomic E-state index is -3.34. The first-order valence-electron chi connectivity index (χ1n) is 6.11. The van der Waals surface area contributed by atoms with Gasteiger partial charge in [-0.3, -0.25) is 0 Å². The average Bonchev–Trinajstić information content (AvgIpc) is 2.28. The molecular formula is C13H21NO4S. The molecule has 6 heteroatoms. The number of benzene rings is 1. The summed E-state index contributed by atoms with van der Waals surface area (Å²) in [6.07, 6.45) is 1.12. The number of nitrogen functional groups attached to an aromatic ring is 1. The molecule has 2 N–H and O–H groups in total. The van der Waals surface area contributed by atoms with Gasteiger partial charge in [-0.15, -0.1) is 0 Å². The molecule has 1 aromatic carbocycles. The maximum absolute atomic E-state index is 11.5. The van der Waals surface area contributed by atoms with Gasteiger partial charge in [0.1, 0.15) is 12.4 Å². The highest BCUT2D eigenvalue weighted by molar-refractivity contribution is 7.90. The summed E-state index contributed by atoms with van der Waals surface area (Å²) in [5.74, 6) is 0.842. The Morgan fingerprint density at radius 2 is 1.95 bits per heavy atom. The molecule has 0 saturated heterocycles. The van der Waals surface area contributed by atoms with Crippen LogP contribution in [0.25, 0.3) is 0 Å². The fourth-order valence-electron chi connectivity index (χ4n) is 1.50. The van der Waals surface area contributed by atoms with Crippen molar-refractivity contribution >= 4 is 15.5 Å². The minimum absolute atomic E-state index is 0.0908. The highest BCUT2D eigenvalue weighted by Gasteiger charge is 2.14. The molecular weight excluding hydrogens is 266 g/mol. The molecule has 0 atom stereocenters. The molecule has 0 saturated carbocycles. The number of sulfone groups is 1. The lowest BCUT2D eigenvalue weighted by molar-refractivity contribution is 0.0820. The van der Waals surface area contributed by atoms with Gasteiger partial charge >= 0.3 is 0 Å². The second-order valence-corrected chi connectivity index (χ2v) is 6.74. The molecule has 0 radical (unpaired) electrons. The van der Waals surface area contributed by atoms with Crippen LogP contribution >= 0.6 is 0 Å². The van der Waals surface area contributed by atoms with E-state index in [9.17, 15) is 8.42 Å². The molecule has 0 aromatic heterocycles. The van der Waals surface area contributed by atoms with E-state index in [0.717, 1.165) is 6.26 Å². The third-order valence-electron chi connectivity index (χ3n) is 2.36. The molecule has 0 aliphatic carbocycles. The van der Waals surface area contributed by atoms with Gasteiger partial charge < -0.3 is 15.2 Å². The fourth-order valence-corrected chi connectivity index (χ4v) is 2.33. The number of hydrogen-bond acceptors (Lipinski definition) is 5. The Morgan fingerprint density at radius 1 is 1.26 bits per heavy atom. The van der Waals surface area contributed by atoms with Crippen molar-refractivity contribution in [2.45, 2.75) is 18.7 Å². The van der Waals surface area contributed by atoms with Crippen molar-refractivity contribution in [3.63, 3.8) is 0 Å². The number of anilines is 1. The summed E-state index contributed by atoms with van der Waals surface area (Å²) >= 11 is 0. The van der Waals surface area contributed by atoms with E-state index in [1.165, 1.54) is 6.07 Å². The van der Waals surface area contributed by atoms with E-state index in [4.69, 9.17) is 15.2 Å². The molecule has 19 heavy (non-hydrogen) atoms. The second kappa shape index (κ2) is 6.77. The van der Waals surface area contributed by atoms with Crippen LogP contribution in [-0.4, -0.2) is 34.5 Å². The Labute approximate surface area is 114 Å². The quantitative estimate of drug-likeness (QED) is 0.610. The Kier molecular flexibility index (Phi) is 5.62. The lowest BCUT2D eigenvalue weighted by Gasteiger charge is -2.12. The van der Waals surface area contributed by atoms with Gasteiger partial charge in [0.05, 0.1) is 17.2 Å². The summed E-state index contributed by atoms with van der Waals surface area (Å²) in [5, 5.41) is 0. The SMILES string of the molecule is CC(C)COCCOc1cccc(S(C)(=O)=O)c1N. The summed E-state index contributed by atoms with van der Waals surface area (Å²) in [6.45, 7) is 5.58. The zero-order valence-corrected chi connectivity index (χ0v) is 12.4. The van der Waals surface area contributed by atoms with E-state index >= 15 is 0 Å². The first-order chi connectivity index (χ1) is 8.82. The predicted octanol–water partition coefficient (Wildman–Crippen LogP) is 1.72. The molecule has 0 amide bonds. The van der Waals surface area contributed by atoms with Gasteiger partial charge in [0.25, 0.3) is 0 Å². The first-order valence-corrected chi connectivity index (χ1v) is 8.00. The third-order valence-corrected chi connectivity index (χ3v) is 3.52. The average molecular weight is 287 g/mol. The van der Waals surface area contributed by atoms with E-state index in [2.05, 4.69) is 13.8 Å². The van der Waals surface area contributed by atoms with Gasteiger partial charge in [0.2, 0.25) is 0 Å². The van der Waals surface area contributed by atoms with Gasteiger partial charge in [0.15, 0.2) is 9.84 Å². The smallest absolute Gasteiger partial charge is 0.177 e. The minimum Gasteiger partial charge on any atom is -0.489 e. The molecule has 0 fully saturated rings. The number of rotatable bonds is 7. The zero-order valence-electron chi connectivity index (χ0n) is 11.5. The molecule has 0 unspecified atom stereocenters. The predicted molar refractivity (Wildman–Crippen MR) is 75.1 cm³/mol. The number of nitrogens with two attached hydrogens (primary N) is 1. The van der Waals surface area contributed by atoms with Gasteiger partial charge in [-0.2, -0.15) is 0 Å².